The van der Waals surface area contributed by atoms with Crippen molar-refractivity contribution in [2.75, 3.05) is 26.3 Å². The quantitative estimate of drug-likeness (QED) is 0.822. The first-order valence-electron chi connectivity index (χ1n) is 7.05. The molecule has 0 amide bonds. The van der Waals surface area contributed by atoms with Crippen molar-refractivity contribution in [1.82, 2.24) is 4.90 Å². The van der Waals surface area contributed by atoms with E-state index < -0.39 is 5.79 Å². The van der Waals surface area contributed by atoms with E-state index in [-0.39, 0.29) is 12.1 Å². The van der Waals surface area contributed by atoms with Gasteiger partial charge in [0, 0.05) is 19.0 Å². The molecule has 2 unspecified atom stereocenters. The summed E-state index contributed by atoms with van der Waals surface area (Å²) in [5.74, 6) is -0.394. The Morgan fingerprint density at radius 2 is 2.00 bits per heavy atom. The average Bonchev–Trinajstić information content (AvgIpc) is 3.13. The molecular formula is C15H19NO3. The third-order valence-electron chi connectivity index (χ3n) is 4.67. The number of hydrogen-bond acceptors (Lipinski definition) is 4. The molecule has 0 radical (unpaired) electrons. The fraction of sp³-hybridized carbons (Fsp3) is 0.600. The number of hydrogen-bond donors (Lipinski definition) is 1. The first-order chi connectivity index (χ1) is 9.27. The van der Waals surface area contributed by atoms with E-state index in [1.165, 1.54) is 5.56 Å². The van der Waals surface area contributed by atoms with E-state index >= 15 is 0 Å². The molecule has 1 spiro atoms. The highest BCUT2D eigenvalue weighted by molar-refractivity contribution is 5.36. The minimum atomic E-state index is -0.394. The third kappa shape index (κ3) is 1.82. The van der Waals surface area contributed by atoms with Gasteiger partial charge >= 0.3 is 0 Å². The lowest BCUT2D eigenvalue weighted by atomic mass is 10.1. The first-order valence-corrected chi connectivity index (χ1v) is 7.05. The molecule has 0 bridgehead atoms. The standard InChI is InChI=1S/C15H19NO3/c17-14-12-4-2-1-3-11(12)9-13(14)16-6-5-15(10-16)18-7-8-19-15/h1-4,13-14,17H,5-10H2. The smallest absolute Gasteiger partial charge is 0.182 e. The normalized spacial score (nSPS) is 33.1. The molecule has 2 heterocycles. The monoisotopic (exact) mass is 261 g/mol. The molecule has 0 aromatic heterocycles. The van der Waals surface area contributed by atoms with Gasteiger partial charge in [0.15, 0.2) is 5.79 Å². The fourth-order valence-corrected chi connectivity index (χ4v) is 3.68. The van der Waals surface area contributed by atoms with Crippen LogP contribution in [0, 0.1) is 0 Å². The van der Waals surface area contributed by atoms with Crippen LogP contribution in [0.1, 0.15) is 23.7 Å². The molecule has 1 aromatic rings. The predicted octanol–water partition coefficient (Wildman–Crippen LogP) is 1.09. The van der Waals surface area contributed by atoms with Crippen molar-refractivity contribution in [2.24, 2.45) is 0 Å². The summed E-state index contributed by atoms with van der Waals surface area (Å²) >= 11 is 0. The second-order valence-corrected chi connectivity index (χ2v) is 5.74. The van der Waals surface area contributed by atoms with Crippen molar-refractivity contribution in [1.29, 1.82) is 0 Å². The first kappa shape index (κ1) is 11.9. The maximum absolute atomic E-state index is 10.5. The molecule has 4 heteroatoms. The Bertz CT molecular complexity index is 484. The fourth-order valence-electron chi connectivity index (χ4n) is 3.68. The van der Waals surface area contributed by atoms with Gasteiger partial charge in [-0.2, -0.15) is 0 Å². The van der Waals surface area contributed by atoms with Crippen LogP contribution >= 0.6 is 0 Å². The summed E-state index contributed by atoms with van der Waals surface area (Å²) in [5.41, 5.74) is 2.36. The highest BCUT2D eigenvalue weighted by atomic mass is 16.7. The molecule has 4 rings (SSSR count). The van der Waals surface area contributed by atoms with Gasteiger partial charge in [-0.3, -0.25) is 4.90 Å². The van der Waals surface area contributed by atoms with Crippen LogP contribution in [0.25, 0.3) is 0 Å². The highest BCUT2D eigenvalue weighted by Gasteiger charge is 2.47. The number of aliphatic hydroxyl groups excluding tert-OH is 1. The summed E-state index contributed by atoms with van der Waals surface area (Å²) in [6.45, 7) is 3.11. The molecule has 0 saturated carbocycles. The highest BCUT2D eigenvalue weighted by Crippen LogP contribution is 2.39. The summed E-state index contributed by atoms with van der Waals surface area (Å²) < 4.78 is 11.5. The Hall–Kier alpha value is -0.940. The van der Waals surface area contributed by atoms with Gasteiger partial charge in [0.05, 0.1) is 25.9 Å². The maximum atomic E-state index is 10.5. The van der Waals surface area contributed by atoms with Crippen LogP contribution in [-0.2, 0) is 15.9 Å². The van der Waals surface area contributed by atoms with Gasteiger partial charge in [0.2, 0.25) is 0 Å². The van der Waals surface area contributed by atoms with Gasteiger partial charge in [-0.05, 0) is 17.5 Å². The zero-order chi connectivity index (χ0) is 12.9. The van der Waals surface area contributed by atoms with Crippen LogP contribution in [0.3, 0.4) is 0 Å². The number of aliphatic hydroxyl groups is 1. The summed E-state index contributed by atoms with van der Waals surface area (Å²) in [4.78, 5) is 2.33. The lowest BCUT2D eigenvalue weighted by Gasteiger charge is -2.28. The Balaban J connectivity index is 1.53. The van der Waals surface area contributed by atoms with Crippen molar-refractivity contribution >= 4 is 0 Å². The molecule has 19 heavy (non-hydrogen) atoms. The molecule has 1 aliphatic carbocycles. The van der Waals surface area contributed by atoms with Gasteiger partial charge in [-0.15, -0.1) is 0 Å². The van der Waals surface area contributed by atoms with E-state index in [9.17, 15) is 5.11 Å². The van der Waals surface area contributed by atoms with E-state index in [0.29, 0.717) is 13.2 Å². The molecule has 2 fully saturated rings. The average molecular weight is 261 g/mol. The largest absolute Gasteiger partial charge is 0.387 e. The van der Waals surface area contributed by atoms with Crippen LogP contribution in [0.4, 0.5) is 0 Å². The lowest BCUT2D eigenvalue weighted by Crippen LogP contribution is -2.41. The number of rotatable bonds is 1. The van der Waals surface area contributed by atoms with E-state index in [4.69, 9.17) is 9.47 Å². The third-order valence-corrected chi connectivity index (χ3v) is 4.67. The molecule has 1 aromatic carbocycles. The van der Waals surface area contributed by atoms with Gasteiger partial charge < -0.3 is 14.6 Å². The zero-order valence-electron chi connectivity index (χ0n) is 10.9. The summed E-state index contributed by atoms with van der Waals surface area (Å²) in [5, 5.41) is 10.5. The number of likely N-dealkylation sites (tertiary alicyclic amines) is 1. The Morgan fingerprint density at radius 1 is 1.21 bits per heavy atom. The van der Waals surface area contributed by atoms with Gasteiger partial charge in [-0.25, -0.2) is 0 Å². The Labute approximate surface area is 112 Å². The molecule has 2 saturated heterocycles. The van der Waals surface area contributed by atoms with Crippen LogP contribution < -0.4 is 0 Å². The van der Waals surface area contributed by atoms with Crippen LogP contribution in [0.5, 0.6) is 0 Å². The minimum absolute atomic E-state index is 0.171. The number of fused-ring (bicyclic) bond motifs is 1. The number of ether oxygens (including phenoxy) is 2. The summed E-state index contributed by atoms with van der Waals surface area (Å²) in [6, 6.07) is 8.37. The van der Waals surface area contributed by atoms with Gasteiger partial charge in [0.1, 0.15) is 0 Å². The van der Waals surface area contributed by atoms with E-state index in [2.05, 4.69) is 11.0 Å². The summed E-state index contributed by atoms with van der Waals surface area (Å²) in [7, 11) is 0. The molecule has 3 aliphatic rings. The molecular weight excluding hydrogens is 242 g/mol. The van der Waals surface area contributed by atoms with Crippen LogP contribution in [0.15, 0.2) is 24.3 Å². The second-order valence-electron chi connectivity index (χ2n) is 5.74. The molecule has 2 atom stereocenters. The predicted molar refractivity (Wildman–Crippen MR) is 69.7 cm³/mol. The second kappa shape index (κ2) is 4.28. The van der Waals surface area contributed by atoms with Crippen molar-refractivity contribution in [2.45, 2.75) is 30.8 Å². The SMILES string of the molecule is OC1c2ccccc2CC1N1CCC2(C1)OCCO2. The molecule has 102 valence electrons. The number of benzene rings is 1. The Morgan fingerprint density at radius 3 is 2.79 bits per heavy atom. The Kier molecular flexibility index (Phi) is 2.67. The lowest BCUT2D eigenvalue weighted by molar-refractivity contribution is -0.148. The molecule has 1 N–H and O–H groups in total. The van der Waals surface area contributed by atoms with Crippen molar-refractivity contribution < 1.29 is 14.6 Å². The van der Waals surface area contributed by atoms with Crippen molar-refractivity contribution in [3.63, 3.8) is 0 Å². The molecule has 2 aliphatic heterocycles. The van der Waals surface area contributed by atoms with Crippen molar-refractivity contribution in [3.05, 3.63) is 35.4 Å². The van der Waals surface area contributed by atoms with E-state index in [1.54, 1.807) is 0 Å². The molecule has 4 nitrogen and oxygen atoms in total. The van der Waals surface area contributed by atoms with Gasteiger partial charge in [0.25, 0.3) is 0 Å². The number of nitrogens with zero attached hydrogens (tertiary/aromatic N) is 1. The van der Waals surface area contributed by atoms with Crippen LogP contribution in [-0.4, -0.2) is 48.1 Å². The van der Waals surface area contributed by atoms with E-state index in [0.717, 1.165) is 31.5 Å². The zero-order valence-corrected chi connectivity index (χ0v) is 10.9. The van der Waals surface area contributed by atoms with Crippen molar-refractivity contribution in [3.8, 4) is 0 Å². The topological polar surface area (TPSA) is 41.9 Å². The minimum Gasteiger partial charge on any atom is -0.387 e. The van der Waals surface area contributed by atoms with E-state index in [1.807, 2.05) is 18.2 Å². The van der Waals surface area contributed by atoms with Crippen LogP contribution in [0.2, 0.25) is 0 Å². The summed E-state index contributed by atoms with van der Waals surface area (Å²) in [6.07, 6.45) is 1.45. The maximum Gasteiger partial charge on any atom is 0.182 e. The van der Waals surface area contributed by atoms with Gasteiger partial charge in [-0.1, -0.05) is 24.3 Å².